The summed E-state index contributed by atoms with van der Waals surface area (Å²) in [5.41, 5.74) is 3.06. The molecule has 0 spiro atoms. The molecule has 0 aromatic heterocycles. The van der Waals surface area contributed by atoms with Gasteiger partial charge < -0.3 is 15.0 Å². The van der Waals surface area contributed by atoms with Crippen LogP contribution in [0.15, 0.2) is 24.3 Å². The minimum Gasteiger partial charge on any atom is -0.382 e. The molecule has 1 saturated carbocycles. The lowest BCUT2D eigenvalue weighted by molar-refractivity contribution is 0.122. The van der Waals surface area contributed by atoms with Crippen LogP contribution in [0.5, 0.6) is 0 Å². The molecular weight excluding hydrogens is 236 g/mol. The second-order valence-corrected chi connectivity index (χ2v) is 6.17. The minimum absolute atomic E-state index is 0.517. The van der Waals surface area contributed by atoms with Crippen molar-refractivity contribution in [2.45, 2.75) is 32.7 Å². The Bertz CT molecular complexity index is 419. The Morgan fingerprint density at radius 2 is 1.79 bits per heavy atom. The van der Waals surface area contributed by atoms with Gasteiger partial charge in [0.25, 0.3) is 0 Å². The maximum Gasteiger partial charge on any atom is 0.0642 e. The molecule has 0 radical (unpaired) electrons. The molecule has 0 amide bonds. The number of benzene rings is 1. The molecule has 1 atom stereocenters. The van der Waals surface area contributed by atoms with E-state index in [1.54, 1.807) is 0 Å². The molecule has 1 aliphatic carbocycles. The maximum absolute atomic E-state index is 5.39. The van der Waals surface area contributed by atoms with Crippen LogP contribution < -0.4 is 10.2 Å². The van der Waals surface area contributed by atoms with Gasteiger partial charge in [0.15, 0.2) is 0 Å². The summed E-state index contributed by atoms with van der Waals surface area (Å²) in [4.78, 5) is 2.39. The summed E-state index contributed by atoms with van der Waals surface area (Å²) in [5.74, 6) is 0. The van der Waals surface area contributed by atoms with Crippen LogP contribution in [0.1, 0.15) is 26.7 Å². The number of ether oxygens (including phenoxy) is 1. The third-order valence-corrected chi connectivity index (χ3v) is 4.71. The molecule has 2 aliphatic rings. The van der Waals surface area contributed by atoms with Gasteiger partial charge in [-0.1, -0.05) is 6.92 Å². The monoisotopic (exact) mass is 260 g/mol. The fourth-order valence-electron chi connectivity index (χ4n) is 2.64. The molecule has 104 valence electrons. The Morgan fingerprint density at radius 3 is 2.37 bits per heavy atom. The van der Waals surface area contributed by atoms with E-state index in [4.69, 9.17) is 4.74 Å². The Hall–Kier alpha value is -1.22. The molecule has 3 nitrogen and oxygen atoms in total. The number of rotatable bonds is 4. The Kier molecular flexibility index (Phi) is 3.40. The number of nitrogens with one attached hydrogen (secondary N) is 1. The molecule has 0 bridgehead atoms. The highest BCUT2D eigenvalue weighted by Gasteiger charge is 2.42. The standard InChI is InChI=1S/C16H24N2O/c1-13(16(2)7-8-16)17-14-3-5-15(6-4-14)18-9-11-19-12-10-18/h3-6,13,17H,7-12H2,1-2H3. The van der Waals surface area contributed by atoms with Gasteiger partial charge in [-0.3, -0.25) is 0 Å². The van der Waals surface area contributed by atoms with Crippen molar-refractivity contribution >= 4 is 11.4 Å². The second kappa shape index (κ2) is 5.04. The second-order valence-electron chi connectivity index (χ2n) is 6.17. The van der Waals surface area contributed by atoms with Crippen molar-refractivity contribution in [1.82, 2.24) is 0 Å². The van der Waals surface area contributed by atoms with Gasteiger partial charge in [0.05, 0.1) is 13.2 Å². The quantitative estimate of drug-likeness (QED) is 0.900. The summed E-state index contributed by atoms with van der Waals surface area (Å²) in [6.07, 6.45) is 2.71. The third kappa shape index (κ3) is 2.86. The van der Waals surface area contributed by atoms with Crippen LogP contribution in [0.4, 0.5) is 11.4 Å². The van der Waals surface area contributed by atoms with Gasteiger partial charge in [0.1, 0.15) is 0 Å². The van der Waals surface area contributed by atoms with Gasteiger partial charge in [0.2, 0.25) is 0 Å². The van der Waals surface area contributed by atoms with Crippen molar-refractivity contribution in [3.05, 3.63) is 24.3 Å². The lowest BCUT2D eigenvalue weighted by atomic mass is 10.0. The van der Waals surface area contributed by atoms with E-state index in [1.807, 2.05) is 0 Å². The van der Waals surface area contributed by atoms with E-state index in [9.17, 15) is 0 Å². The van der Waals surface area contributed by atoms with Crippen molar-refractivity contribution in [2.75, 3.05) is 36.5 Å². The minimum atomic E-state index is 0.517. The van der Waals surface area contributed by atoms with Gasteiger partial charge in [-0.25, -0.2) is 0 Å². The van der Waals surface area contributed by atoms with Crippen molar-refractivity contribution in [3.8, 4) is 0 Å². The average Bonchev–Trinajstić information content (AvgIpc) is 3.20. The predicted octanol–water partition coefficient (Wildman–Crippen LogP) is 3.12. The van der Waals surface area contributed by atoms with E-state index in [0.29, 0.717) is 11.5 Å². The van der Waals surface area contributed by atoms with Gasteiger partial charge in [-0.15, -0.1) is 0 Å². The van der Waals surface area contributed by atoms with Gasteiger partial charge in [0, 0.05) is 30.5 Å². The van der Waals surface area contributed by atoms with E-state index in [-0.39, 0.29) is 0 Å². The highest BCUT2D eigenvalue weighted by Crippen LogP contribution is 2.48. The number of morpholine rings is 1. The summed E-state index contributed by atoms with van der Waals surface area (Å²) in [7, 11) is 0. The van der Waals surface area contributed by atoms with Crippen LogP contribution in [-0.2, 0) is 4.74 Å². The number of anilines is 2. The Labute approximate surface area is 115 Å². The normalized spacial score (nSPS) is 22.9. The average molecular weight is 260 g/mol. The first-order chi connectivity index (χ1) is 9.17. The summed E-state index contributed by atoms with van der Waals surface area (Å²) in [5, 5.41) is 3.63. The van der Waals surface area contributed by atoms with Crippen LogP contribution in [0.3, 0.4) is 0 Å². The number of hydrogen-bond donors (Lipinski definition) is 1. The van der Waals surface area contributed by atoms with Crippen molar-refractivity contribution in [1.29, 1.82) is 0 Å². The molecule has 1 unspecified atom stereocenters. The molecule has 1 aromatic carbocycles. The molecular formula is C16H24N2O. The van der Waals surface area contributed by atoms with Crippen LogP contribution in [-0.4, -0.2) is 32.3 Å². The van der Waals surface area contributed by atoms with E-state index in [0.717, 1.165) is 26.3 Å². The molecule has 1 aromatic rings. The first-order valence-electron chi connectivity index (χ1n) is 7.37. The number of hydrogen-bond acceptors (Lipinski definition) is 3. The first kappa shape index (κ1) is 12.8. The molecule has 2 fully saturated rings. The zero-order valence-corrected chi connectivity index (χ0v) is 12.0. The van der Waals surface area contributed by atoms with Crippen LogP contribution in [0, 0.1) is 5.41 Å². The fourth-order valence-corrected chi connectivity index (χ4v) is 2.64. The zero-order chi connectivity index (χ0) is 13.3. The van der Waals surface area contributed by atoms with Gasteiger partial charge in [-0.2, -0.15) is 0 Å². The summed E-state index contributed by atoms with van der Waals surface area (Å²) in [6.45, 7) is 8.35. The van der Waals surface area contributed by atoms with E-state index >= 15 is 0 Å². The van der Waals surface area contributed by atoms with Crippen LogP contribution in [0.2, 0.25) is 0 Å². The van der Waals surface area contributed by atoms with Crippen molar-refractivity contribution < 1.29 is 4.74 Å². The topological polar surface area (TPSA) is 24.5 Å². The van der Waals surface area contributed by atoms with Crippen molar-refractivity contribution in [2.24, 2.45) is 5.41 Å². The summed E-state index contributed by atoms with van der Waals surface area (Å²) < 4.78 is 5.39. The van der Waals surface area contributed by atoms with Crippen LogP contribution in [0.25, 0.3) is 0 Å². The molecule has 3 rings (SSSR count). The maximum atomic E-state index is 5.39. The first-order valence-corrected chi connectivity index (χ1v) is 7.37. The predicted molar refractivity (Wildman–Crippen MR) is 79.9 cm³/mol. The third-order valence-electron chi connectivity index (χ3n) is 4.71. The Morgan fingerprint density at radius 1 is 1.16 bits per heavy atom. The fraction of sp³-hybridized carbons (Fsp3) is 0.625. The smallest absolute Gasteiger partial charge is 0.0642 e. The van der Waals surface area contributed by atoms with E-state index in [2.05, 4.69) is 48.3 Å². The Balaban J connectivity index is 1.61. The number of nitrogens with zero attached hydrogens (tertiary/aromatic N) is 1. The SMILES string of the molecule is CC(Nc1ccc(N2CCOCC2)cc1)C1(C)CC1. The van der Waals surface area contributed by atoms with Crippen LogP contribution >= 0.6 is 0 Å². The van der Waals surface area contributed by atoms with Gasteiger partial charge in [-0.05, 0) is 49.4 Å². The highest BCUT2D eigenvalue weighted by molar-refractivity contribution is 5.55. The molecule has 1 N–H and O–H groups in total. The zero-order valence-electron chi connectivity index (χ0n) is 12.0. The summed E-state index contributed by atoms with van der Waals surface area (Å²) >= 11 is 0. The van der Waals surface area contributed by atoms with Crippen molar-refractivity contribution in [3.63, 3.8) is 0 Å². The summed E-state index contributed by atoms with van der Waals surface area (Å²) in [6, 6.07) is 9.40. The van der Waals surface area contributed by atoms with E-state index < -0.39 is 0 Å². The van der Waals surface area contributed by atoms with Gasteiger partial charge >= 0.3 is 0 Å². The molecule has 1 aliphatic heterocycles. The lowest BCUT2D eigenvalue weighted by Crippen LogP contribution is -2.36. The molecule has 3 heteroatoms. The largest absolute Gasteiger partial charge is 0.382 e. The molecule has 19 heavy (non-hydrogen) atoms. The lowest BCUT2D eigenvalue weighted by Gasteiger charge is -2.29. The molecule has 1 saturated heterocycles. The molecule has 1 heterocycles. The highest BCUT2D eigenvalue weighted by atomic mass is 16.5. The van der Waals surface area contributed by atoms with E-state index in [1.165, 1.54) is 24.2 Å².